The van der Waals surface area contributed by atoms with Gasteiger partial charge in [0.25, 0.3) is 11.8 Å². The van der Waals surface area contributed by atoms with Crippen LogP contribution in [0, 0.1) is 12.7 Å². The summed E-state index contributed by atoms with van der Waals surface area (Å²) in [5.74, 6) is -0.617. The van der Waals surface area contributed by atoms with E-state index < -0.39 is 11.9 Å². The number of nitrogens with two attached hydrogens (primary N) is 1. The van der Waals surface area contributed by atoms with Crippen molar-refractivity contribution >= 4 is 11.9 Å². The summed E-state index contributed by atoms with van der Waals surface area (Å²) in [6.07, 6.45) is 0.313. The number of carbonyl (C=O) groups excluding carboxylic acids is 1. The van der Waals surface area contributed by atoms with Gasteiger partial charge in [-0.3, -0.25) is 4.79 Å². The molecule has 0 fully saturated rings. The number of hydrogen-bond acceptors (Lipinski definition) is 8. The molecule has 0 bridgehead atoms. The minimum Gasteiger partial charge on any atom is -0.452 e. The molecular formula is C17H15FN6O3. The summed E-state index contributed by atoms with van der Waals surface area (Å²) in [6, 6.07) is 3.65. The fourth-order valence-electron chi connectivity index (χ4n) is 3.18. The summed E-state index contributed by atoms with van der Waals surface area (Å²) < 4.78 is 24.1. The first-order valence-corrected chi connectivity index (χ1v) is 8.07. The number of halogens is 1. The number of aromatic nitrogens is 4. The van der Waals surface area contributed by atoms with Crippen molar-refractivity contribution in [2.24, 2.45) is 0 Å². The second-order valence-corrected chi connectivity index (χ2v) is 6.03. The fraction of sp³-hybridized carbons (Fsp3) is 0.235. The summed E-state index contributed by atoms with van der Waals surface area (Å²) in [6.45, 7) is 1.70. The zero-order valence-electron chi connectivity index (χ0n) is 14.5. The molecule has 9 nitrogen and oxygen atoms in total. The molecule has 1 aromatic carbocycles. The maximum absolute atomic E-state index is 13.9. The van der Waals surface area contributed by atoms with Gasteiger partial charge in [0.05, 0.1) is 30.1 Å². The molecule has 0 radical (unpaired) electrons. The van der Waals surface area contributed by atoms with E-state index in [1.165, 1.54) is 19.2 Å². The molecule has 1 amide bonds. The molecule has 3 heterocycles. The van der Waals surface area contributed by atoms with Gasteiger partial charge in [0.2, 0.25) is 5.95 Å². The molecule has 1 aliphatic heterocycles. The van der Waals surface area contributed by atoms with Gasteiger partial charge < -0.3 is 20.2 Å². The molecule has 138 valence electrons. The largest absolute Gasteiger partial charge is 0.452 e. The molecule has 0 spiro atoms. The van der Waals surface area contributed by atoms with Crippen LogP contribution in [0.1, 0.15) is 33.4 Å². The molecule has 1 aliphatic rings. The number of nitrogens with zero attached hydrogens (tertiary/aromatic N) is 4. The maximum atomic E-state index is 13.9. The van der Waals surface area contributed by atoms with Crippen LogP contribution in [0.15, 0.2) is 22.6 Å². The minimum absolute atomic E-state index is 0.0469. The Morgan fingerprint density at radius 2 is 2.15 bits per heavy atom. The zero-order chi connectivity index (χ0) is 19.1. The van der Waals surface area contributed by atoms with Crippen molar-refractivity contribution in [1.82, 2.24) is 25.5 Å². The van der Waals surface area contributed by atoms with Crippen molar-refractivity contribution in [3.8, 4) is 17.5 Å². The summed E-state index contributed by atoms with van der Waals surface area (Å²) in [4.78, 5) is 20.8. The number of amides is 1. The predicted molar refractivity (Wildman–Crippen MR) is 91.3 cm³/mol. The van der Waals surface area contributed by atoms with Crippen molar-refractivity contribution in [3.63, 3.8) is 0 Å². The number of benzene rings is 1. The van der Waals surface area contributed by atoms with Gasteiger partial charge >= 0.3 is 6.08 Å². The second-order valence-electron chi connectivity index (χ2n) is 6.03. The Bertz CT molecular complexity index is 1050. The van der Waals surface area contributed by atoms with E-state index >= 15 is 0 Å². The van der Waals surface area contributed by atoms with E-state index in [9.17, 15) is 9.18 Å². The number of rotatable bonds is 3. The van der Waals surface area contributed by atoms with Crippen LogP contribution in [-0.4, -0.2) is 33.2 Å². The van der Waals surface area contributed by atoms with E-state index in [-0.39, 0.29) is 23.8 Å². The lowest BCUT2D eigenvalue weighted by atomic mass is 9.91. The topological polar surface area (TPSA) is 129 Å². The van der Waals surface area contributed by atoms with Crippen LogP contribution in [0.3, 0.4) is 0 Å². The van der Waals surface area contributed by atoms with Gasteiger partial charge in [-0.15, -0.1) is 5.10 Å². The standard InChI is InChI=1S/C17H15FN6O3/c1-7-13-12(22-16(19)20-7)6-11(21-14(13)25)9-4-3-8(18)5-10(9)15-23-24-17(26-2)27-15/h3-5,11H,6H2,1-2H3,(H,21,25)(H2,19,20,22)/t11-/m1/s1. The van der Waals surface area contributed by atoms with E-state index in [0.29, 0.717) is 34.5 Å². The van der Waals surface area contributed by atoms with Crippen LogP contribution < -0.4 is 15.8 Å². The average molecular weight is 370 g/mol. The van der Waals surface area contributed by atoms with Gasteiger partial charge in [0.1, 0.15) is 5.82 Å². The Morgan fingerprint density at radius 3 is 2.89 bits per heavy atom. The Labute approximate surface area is 152 Å². The highest BCUT2D eigenvalue weighted by Gasteiger charge is 2.31. The fourth-order valence-corrected chi connectivity index (χ4v) is 3.18. The molecule has 3 aromatic rings. The number of aryl methyl sites for hydroxylation is 1. The highest BCUT2D eigenvalue weighted by Crippen LogP contribution is 2.34. The highest BCUT2D eigenvalue weighted by atomic mass is 19.1. The van der Waals surface area contributed by atoms with E-state index in [4.69, 9.17) is 14.9 Å². The average Bonchev–Trinajstić information content (AvgIpc) is 3.09. The van der Waals surface area contributed by atoms with Gasteiger partial charge in [-0.2, -0.15) is 0 Å². The van der Waals surface area contributed by atoms with Gasteiger partial charge in [-0.05, 0) is 24.6 Å². The van der Waals surface area contributed by atoms with Crippen LogP contribution in [0.2, 0.25) is 0 Å². The third-order valence-electron chi connectivity index (χ3n) is 4.31. The van der Waals surface area contributed by atoms with Crippen molar-refractivity contribution in [1.29, 1.82) is 0 Å². The normalized spacial score (nSPS) is 16.0. The number of fused-ring (bicyclic) bond motifs is 1. The number of hydrogen-bond donors (Lipinski definition) is 2. The maximum Gasteiger partial charge on any atom is 0.414 e. The predicted octanol–water partition coefficient (Wildman–Crippen LogP) is 1.59. The van der Waals surface area contributed by atoms with Gasteiger partial charge in [0, 0.05) is 12.0 Å². The quantitative estimate of drug-likeness (QED) is 0.711. The highest BCUT2D eigenvalue weighted by molar-refractivity contribution is 5.98. The SMILES string of the molecule is COc1nnc(-c2cc(F)ccc2[C@H]2Cc3nc(N)nc(C)c3C(=O)N2)o1. The molecule has 1 atom stereocenters. The Hall–Kier alpha value is -3.56. The number of ether oxygens (including phenoxy) is 1. The van der Waals surface area contributed by atoms with Gasteiger partial charge in [0.15, 0.2) is 0 Å². The second kappa shape index (κ2) is 6.31. The summed E-state index contributed by atoms with van der Waals surface area (Å²) in [7, 11) is 1.38. The van der Waals surface area contributed by atoms with E-state index in [1.807, 2.05) is 0 Å². The van der Waals surface area contributed by atoms with Crippen molar-refractivity contribution < 1.29 is 18.3 Å². The Kier molecular flexibility index (Phi) is 3.94. The van der Waals surface area contributed by atoms with Crippen molar-refractivity contribution in [2.45, 2.75) is 19.4 Å². The third-order valence-corrected chi connectivity index (χ3v) is 4.31. The molecule has 4 rings (SSSR count). The van der Waals surface area contributed by atoms with E-state index in [1.54, 1.807) is 13.0 Å². The van der Waals surface area contributed by atoms with Crippen LogP contribution in [0.5, 0.6) is 6.08 Å². The van der Waals surface area contributed by atoms with Crippen LogP contribution in [-0.2, 0) is 6.42 Å². The first-order chi connectivity index (χ1) is 13.0. The smallest absolute Gasteiger partial charge is 0.414 e. The molecule has 0 saturated heterocycles. The lowest BCUT2D eigenvalue weighted by Gasteiger charge is -2.27. The minimum atomic E-state index is -0.479. The Balaban J connectivity index is 1.79. The van der Waals surface area contributed by atoms with Crippen molar-refractivity contribution in [2.75, 3.05) is 12.8 Å². The van der Waals surface area contributed by atoms with E-state index in [2.05, 4.69) is 25.5 Å². The molecule has 0 unspecified atom stereocenters. The molecule has 3 N–H and O–H groups in total. The summed E-state index contributed by atoms with van der Waals surface area (Å²) in [5.41, 5.74) is 8.14. The third kappa shape index (κ3) is 2.94. The van der Waals surface area contributed by atoms with Crippen LogP contribution in [0.4, 0.5) is 10.3 Å². The van der Waals surface area contributed by atoms with E-state index in [0.717, 1.165) is 0 Å². The first-order valence-electron chi connectivity index (χ1n) is 8.07. The number of carbonyl (C=O) groups is 1. The number of nitrogens with one attached hydrogen (secondary N) is 1. The number of nitrogen functional groups attached to an aromatic ring is 1. The molecule has 10 heteroatoms. The lowest BCUT2D eigenvalue weighted by Crippen LogP contribution is -2.37. The van der Waals surface area contributed by atoms with Crippen LogP contribution in [0.25, 0.3) is 11.5 Å². The van der Waals surface area contributed by atoms with Crippen LogP contribution >= 0.6 is 0 Å². The monoisotopic (exact) mass is 370 g/mol. The molecule has 0 saturated carbocycles. The molecule has 27 heavy (non-hydrogen) atoms. The number of methoxy groups -OCH3 is 1. The van der Waals surface area contributed by atoms with Gasteiger partial charge in [-0.1, -0.05) is 11.2 Å². The summed E-state index contributed by atoms with van der Waals surface area (Å²) in [5, 5.41) is 10.5. The zero-order valence-corrected chi connectivity index (χ0v) is 14.5. The summed E-state index contributed by atoms with van der Waals surface area (Å²) >= 11 is 0. The first kappa shape index (κ1) is 16.9. The molecule has 2 aromatic heterocycles. The number of anilines is 1. The molecular weight excluding hydrogens is 355 g/mol. The molecule has 0 aliphatic carbocycles. The van der Waals surface area contributed by atoms with Crippen molar-refractivity contribution in [3.05, 3.63) is 46.5 Å². The lowest BCUT2D eigenvalue weighted by molar-refractivity contribution is 0.0922. The Morgan fingerprint density at radius 1 is 1.33 bits per heavy atom. The van der Waals surface area contributed by atoms with Gasteiger partial charge in [-0.25, -0.2) is 14.4 Å².